The van der Waals surface area contributed by atoms with Gasteiger partial charge in [-0.3, -0.25) is 0 Å². The number of benzene rings is 2. The smallest absolute Gasteiger partial charge is 0.191 e. The fourth-order valence-corrected chi connectivity index (χ4v) is 3.39. The van der Waals surface area contributed by atoms with Crippen LogP contribution in [0.3, 0.4) is 0 Å². The molecule has 0 radical (unpaired) electrons. The van der Waals surface area contributed by atoms with Crippen molar-refractivity contribution in [3.63, 3.8) is 0 Å². The molecule has 3 rings (SSSR count). The van der Waals surface area contributed by atoms with E-state index >= 15 is 0 Å². The molecule has 6 nitrogen and oxygen atoms in total. The molecule has 0 saturated carbocycles. The first-order chi connectivity index (χ1) is 14.0. The standard InChI is InChI=1S/C23H31N5O/c1-4-24-22(26-17-23(3,29)19-11-6-5-7-12-19)25-15-10-16-28-18(2)27-20-13-8-9-14-21(20)28/h5-9,11-14,29H,4,10,15-17H2,1-3H3,(H2,24,25,26). The van der Waals surface area contributed by atoms with Gasteiger partial charge in [-0.25, -0.2) is 9.98 Å². The van der Waals surface area contributed by atoms with Crippen molar-refractivity contribution in [1.29, 1.82) is 0 Å². The van der Waals surface area contributed by atoms with Gasteiger partial charge in [-0.15, -0.1) is 0 Å². The van der Waals surface area contributed by atoms with Gasteiger partial charge in [-0.2, -0.15) is 0 Å². The molecule has 0 saturated heterocycles. The lowest BCUT2D eigenvalue weighted by Gasteiger charge is -2.22. The summed E-state index contributed by atoms with van der Waals surface area (Å²) in [5.41, 5.74) is 2.07. The molecule has 1 unspecified atom stereocenters. The zero-order valence-corrected chi connectivity index (χ0v) is 17.5. The zero-order valence-electron chi connectivity index (χ0n) is 17.5. The highest BCUT2D eigenvalue weighted by Crippen LogP contribution is 2.20. The Labute approximate surface area is 172 Å². The van der Waals surface area contributed by atoms with Crippen LogP contribution >= 0.6 is 0 Å². The summed E-state index contributed by atoms with van der Waals surface area (Å²) in [6, 6.07) is 17.9. The Morgan fingerprint density at radius 1 is 1.10 bits per heavy atom. The van der Waals surface area contributed by atoms with Gasteiger partial charge in [-0.1, -0.05) is 42.5 Å². The number of aliphatic imine (C=N–C) groups is 1. The topological polar surface area (TPSA) is 74.5 Å². The Balaban J connectivity index is 1.56. The zero-order chi connectivity index (χ0) is 20.7. The fraction of sp³-hybridized carbons (Fsp3) is 0.391. The maximum Gasteiger partial charge on any atom is 0.191 e. The molecular formula is C23H31N5O. The van der Waals surface area contributed by atoms with Crippen LogP contribution in [-0.4, -0.2) is 40.3 Å². The summed E-state index contributed by atoms with van der Waals surface area (Å²) in [6.07, 6.45) is 0.945. The number of imidazole rings is 1. The SMILES string of the molecule is CCNC(=NCC(C)(O)c1ccccc1)NCCCn1c(C)nc2ccccc21. The van der Waals surface area contributed by atoms with Gasteiger partial charge in [0.2, 0.25) is 0 Å². The van der Waals surface area contributed by atoms with E-state index in [0.29, 0.717) is 0 Å². The van der Waals surface area contributed by atoms with E-state index in [9.17, 15) is 5.11 Å². The van der Waals surface area contributed by atoms with Crippen LogP contribution in [0.15, 0.2) is 59.6 Å². The molecule has 2 aromatic carbocycles. The van der Waals surface area contributed by atoms with Gasteiger partial charge >= 0.3 is 0 Å². The van der Waals surface area contributed by atoms with Crippen molar-refractivity contribution in [3.05, 3.63) is 66.0 Å². The lowest BCUT2D eigenvalue weighted by molar-refractivity contribution is 0.0672. The fourth-order valence-electron chi connectivity index (χ4n) is 3.39. The average Bonchev–Trinajstić information content (AvgIpc) is 3.05. The summed E-state index contributed by atoms with van der Waals surface area (Å²) >= 11 is 0. The lowest BCUT2D eigenvalue weighted by atomic mass is 9.96. The predicted molar refractivity (Wildman–Crippen MR) is 119 cm³/mol. The number of nitrogens with one attached hydrogen (secondary N) is 2. The number of fused-ring (bicyclic) bond motifs is 1. The average molecular weight is 394 g/mol. The molecule has 1 atom stereocenters. The van der Waals surface area contributed by atoms with Gasteiger partial charge in [-0.05, 0) is 44.9 Å². The van der Waals surface area contributed by atoms with E-state index in [1.807, 2.05) is 62.4 Å². The molecule has 0 fully saturated rings. The Kier molecular flexibility index (Phi) is 6.88. The first-order valence-electron chi connectivity index (χ1n) is 10.2. The van der Waals surface area contributed by atoms with E-state index in [-0.39, 0.29) is 6.54 Å². The Morgan fingerprint density at radius 2 is 1.83 bits per heavy atom. The van der Waals surface area contributed by atoms with E-state index in [2.05, 4.69) is 31.2 Å². The van der Waals surface area contributed by atoms with Crippen LogP contribution in [0, 0.1) is 6.92 Å². The van der Waals surface area contributed by atoms with E-state index in [1.165, 1.54) is 5.52 Å². The Bertz CT molecular complexity index is 946. The molecule has 29 heavy (non-hydrogen) atoms. The molecular weight excluding hydrogens is 362 g/mol. The van der Waals surface area contributed by atoms with Gasteiger partial charge in [0.1, 0.15) is 11.4 Å². The molecule has 0 amide bonds. The highest BCUT2D eigenvalue weighted by atomic mass is 16.3. The van der Waals surface area contributed by atoms with Crippen LogP contribution in [-0.2, 0) is 12.1 Å². The summed E-state index contributed by atoms with van der Waals surface area (Å²) in [7, 11) is 0. The summed E-state index contributed by atoms with van der Waals surface area (Å²) in [5, 5.41) is 17.4. The summed E-state index contributed by atoms with van der Waals surface area (Å²) in [6.45, 7) is 8.61. The Morgan fingerprint density at radius 3 is 2.59 bits per heavy atom. The number of rotatable bonds is 8. The highest BCUT2D eigenvalue weighted by Gasteiger charge is 2.22. The lowest BCUT2D eigenvalue weighted by Crippen LogP contribution is -2.39. The van der Waals surface area contributed by atoms with Crippen molar-refractivity contribution in [2.24, 2.45) is 4.99 Å². The van der Waals surface area contributed by atoms with E-state index in [4.69, 9.17) is 0 Å². The quantitative estimate of drug-likeness (QED) is 0.312. The first kappa shape index (κ1) is 20.9. The minimum atomic E-state index is -1.00. The van der Waals surface area contributed by atoms with Crippen molar-refractivity contribution in [2.45, 2.75) is 39.3 Å². The number of aliphatic hydroxyl groups is 1. The molecule has 6 heteroatoms. The predicted octanol–water partition coefficient (Wildman–Crippen LogP) is 3.20. The third-order valence-corrected chi connectivity index (χ3v) is 4.98. The van der Waals surface area contributed by atoms with Crippen LogP contribution < -0.4 is 10.6 Å². The molecule has 0 spiro atoms. The maximum absolute atomic E-state index is 10.8. The number of para-hydroxylation sites is 2. The van der Waals surface area contributed by atoms with Crippen molar-refractivity contribution < 1.29 is 5.11 Å². The largest absolute Gasteiger partial charge is 0.384 e. The van der Waals surface area contributed by atoms with Crippen molar-refractivity contribution >= 4 is 17.0 Å². The van der Waals surface area contributed by atoms with Crippen LogP contribution in [0.5, 0.6) is 0 Å². The van der Waals surface area contributed by atoms with Gasteiger partial charge in [0, 0.05) is 19.6 Å². The minimum Gasteiger partial charge on any atom is -0.384 e. The van der Waals surface area contributed by atoms with Gasteiger partial charge in [0.25, 0.3) is 0 Å². The molecule has 154 valence electrons. The second-order valence-electron chi connectivity index (χ2n) is 7.41. The number of aromatic nitrogens is 2. The minimum absolute atomic E-state index is 0.289. The van der Waals surface area contributed by atoms with E-state index < -0.39 is 5.60 Å². The van der Waals surface area contributed by atoms with Crippen LogP contribution in [0.1, 0.15) is 31.7 Å². The molecule has 0 bridgehead atoms. The summed E-state index contributed by atoms with van der Waals surface area (Å²) in [4.78, 5) is 9.21. The molecule has 0 aliphatic carbocycles. The van der Waals surface area contributed by atoms with Gasteiger partial charge in [0.15, 0.2) is 5.96 Å². The second kappa shape index (κ2) is 9.56. The van der Waals surface area contributed by atoms with Gasteiger partial charge < -0.3 is 20.3 Å². The number of guanidine groups is 1. The molecule has 3 aromatic rings. The monoisotopic (exact) mass is 393 g/mol. The van der Waals surface area contributed by atoms with Crippen molar-refractivity contribution in [1.82, 2.24) is 20.2 Å². The third-order valence-electron chi connectivity index (χ3n) is 4.98. The van der Waals surface area contributed by atoms with Crippen molar-refractivity contribution in [3.8, 4) is 0 Å². The number of nitrogens with zero attached hydrogens (tertiary/aromatic N) is 3. The molecule has 1 heterocycles. The number of hydrogen-bond donors (Lipinski definition) is 3. The molecule has 0 aliphatic heterocycles. The van der Waals surface area contributed by atoms with Crippen LogP contribution in [0.25, 0.3) is 11.0 Å². The van der Waals surface area contributed by atoms with Crippen LogP contribution in [0.4, 0.5) is 0 Å². The molecule has 0 aliphatic rings. The highest BCUT2D eigenvalue weighted by molar-refractivity contribution is 5.79. The number of hydrogen-bond acceptors (Lipinski definition) is 3. The summed E-state index contributed by atoms with van der Waals surface area (Å²) < 4.78 is 2.25. The van der Waals surface area contributed by atoms with E-state index in [1.54, 1.807) is 6.92 Å². The van der Waals surface area contributed by atoms with E-state index in [0.717, 1.165) is 48.9 Å². The third kappa shape index (κ3) is 5.35. The normalized spacial score (nSPS) is 14.0. The number of aryl methyl sites for hydroxylation is 2. The van der Waals surface area contributed by atoms with Crippen LogP contribution in [0.2, 0.25) is 0 Å². The van der Waals surface area contributed by atoms with Crippen molar-refractivity contribution in [2.75, 3.05) is 19.6 Å². The first-order valence-corrected chi connectivity index (χ1v) is 10.2. The maximum atomic E-state index is 10.8. The van der Waals surface area contributed by atoms with Gasteiger partial charge in [0.05, 0.1) is 17.6 Å². The molecule has 1 aromatic heterocycles. The Hall–Kier alpha value is -2.86. The second-order valence-corrected chi connectivity index (χ2v) is 7.41. The molecule has 3 N–H and O–H groups in total. The summed E-state index contributed by atoms with van der Waals surface area (Å²) in [5.74, 6) is 1.75.